The van der Waals surface area contributed by atoms with Gasteiger partial charge in [0.15, 0.2) is 13.1 Å². The van der Waals surface area contributed by atoms with Crippen LogP contribution in [-0.4, -0.2) is 38.5 Å². The van der Waals surface area contributed by atoms with Gasteiger partial charge in [0.1, 0.15) is 5.82 Å². The van der Waals surface area contributed by atoms with Crippen molar-refractivity contribution in [3.8, 4) is 0 Å². The average molecular weight is 342 g/mol. The topological polar surface area (TPSA) is 53.9 Å². The fourth-order valence-electron chi connectivity index (χ4n) is 3.06. The van der Waals surface area contributed by atoms with E-state index in [0.717, 1.165) is 17.0 Å². The Labute approximate surface area is 146 Å². The lowest BCUT2D eigenvalue weighted by atomic mass is 10.2. The Morgan fingerprint density at radius 2 is 1.96 bits per heavy atom. The quantitative estimate of drug-likeness (QED) is 0.847. The lowest BCUT2D eigenvalue weighted by molar-refractivity contribution is -0.862. The molecule has 0 aromatic heterocycles. The van der Waals surface area contributed by atoms with Crippen LogP contribution in [0.2, 0.25) is 0 Å². The molecule has 1 heterocycles. The van der Waals surface area contributed by atoms with Crippen LogP contribution in [-0.2, 0) is 16.0 Å². The first-order valence-electron chi connectivity index (χ1n) is 8.28. The van der Waals surface area contributed by atoms with Gasteiger partial charge in [-0.3, -0.25) is 9.59 Å². The third-order valence-electron chi connectivity index (χ3n) is 4.21. The number of fused-ring (bicyclic) bond motifs is 1. The van der Waals surface area contributed by atoms with Gasteiger partial charge in [0.2, 0.25) is 0 Å². The Hall–Kier alpha value is -2.73. The first-order chi connectivity index (χ1) is 12.0. The second kappa shape index (κ2) is 7.44. The summed E-state index contributed by atoms with van der Waals surface area (Å²) in [6, 6.07) is 13.6. The number of nitrogens with one attached hydrogen (secondary N) is 2. The van der Waals surface area contributed by atoms with Crippen molar-refractivity contribution in [2.45, 2.75) is 6.42 Å². The fraction of sp³-hybridized carbons (Fsp3) is 0.263. The fourth-order valence-corrected chi connectivity index (χ4v) is 3.06. The van der Waals surface area contributed by atoms with E-state index in [1.54, 1.807) is 18.0 Å². The van der Waals surface area contributed by atoms with Gasteiger partial charge in [-0.05, 0) is 36.2 Å². The highest BCUT2D eigenvalue weighted by atomic mass is 19.1. The summed E-state index contributed by atoms with van der Waals surface area (Å²) in [6.07, 6.45) is 0.862. The summed E-state index contributed by atoms with van der Waals surface area (Å²) in [4.78, 5) is 27.1. The van der Waals surface area contributed by atoms with Gasteiger partial charge >= 0.3 is 0 Å². The molecule has 5 nitrogen and oxygen atoms in total. The Kier molecular flexibility index (Phi) is 5.09. The summed E-state index contributed by atoms with van der Waals surface area (Å²) in [5, 5.41) is 2.65. The largest absolute Gasteiger partial charge is 0.322 e. The van der Waals surface area contributed by atoms with E-state index in [2.05, 4.69) is 5.32 Å². The highest BCUT2D eigenvalue weighted by Crippen LogP contribution is 2.26. The number of carbonyl (C=O) groups excluding carboxylic acids is 2. The third kappa shape index (κ3) is 4.22. The maximum absolute atomic E-state index is 13.1. The van der Waals surface area contributed by atoms with Gasteiger partial charge in [-0.15, -0.1) is 0 Å². The van der Waals surface area contributed by atoms with Crippen LogP contribution in [0.5, 0.6) is 0 Å². The molecule has 1 atom stereocenters. The van der Waals surface area contributed by atoms with Gasteiger partial charge in [-0.25, -0.2) is 4.39 Å². The average Bonchev–Trinajstić information content (AvgIpc) is 2.98. The number of hydrogen-bond acceptors (Lipinski definition) is 2. The van der Waals surface area contributed by atoms with Gasteiger partial charge < -0.3 is 15.1 Å². The smallest absolute Gasteiger partial charge is 0.282 e. The van der Waals surface area contributed by atoms with Crippen molar-refractivity contribution < 1.29 is 18.9 Å². The highest BCUT2D eigenvalue weighted by molar-refractivity contribution is 5.96. The van der Waals surface area contributed by atoms with Crippen molar-refractivity contribution in [3.63, 3.8) is 0 Å². The summed E-state index contributed by atoms with van der Waals surface area (Å²) >= 11 is 0. The predicted molar refractivity (Wildman–Crippen MR) is 94.1 cm³/mol. The molecule has 1 aliphatic rings. The van der Waals surface area contributed by atoms with Crippen molar-refractivity contribution in [2.24, 2.45) is 0 Å². The van der Waals surface area contributed by atoms with Gasteiger partial charge in [-0.2, -0.15) is 0 Å². The van der Waals surface area contributed by atoms with E-state index in [-0.39, 0.29) is 24.9 Å². The zero-order valence-corrected chi connectivity index (χ0v) is 14.1. The lowest BCUT2D eigenvalue weighted by Crippen LogP contribution is -3.11. The predicted octanol–water partition coefficient (Wildman–Crippen LogP) is 0.868. The molecule has 3 rings (SSSR count). The minimum Gasteiger partial charge on any atom is -0.322 e. The molecule has 130 valence electrons. The standard InChI is InChI=1S/C19H20FN3O2/c1-22(12-18(24)21-16-7-4-6-15(20)11-16)13-19(25)23-10-9-14-5-2-3-8-17(14)23/h2-8,11H,9-10,12-13H2,1H3,(H,21,24)/p+1. The van der Waals surface area contributed by atoms with Crippen LogP contribution in [0.4, 0.5) is 15.8 Å². The van der Waals surface area contributed by atoms with E-state index >= 15 is 0 Å². The number of benzene rings is 2. The third-order valence-corrected chi connectivity index (χ3v) is 4.21. The minimum atomic E-state index is -0.402. The lowest BCUT2D eigenvalue weighted by Gasteiger charge is -2.20. The second-order valence-electron chi connectivity index (χ2n) is 6.29. The summed E-state index contributed by atoms with van der Waals surface area (Å²) in [5.41, 5.74) is 2.56. The van der Waals surface area contributed by atoms with Crippen LogP contribution in [0.25, 0.3) is 0 Å². The molecular formula is C19H21FN3O2+. The molecule has 2 aromatic carbocycles. The number of nitrogens with zero attached hydrogens (tertiary/aromatic N) is 1. The molecule has 1 unspecified atom stereocenters. The van der Waals surface area contributed by atoms with Gasteiger partial charge in [-0.1, -0.05) is 24.3 Å². The molecule has 0 aliphatic carbocycles. The number of carbonyl (C=O) groups is 2. The first kappa shape index (κ1) is 17.1. The monoisotopic (exact) mass is 342 g/mol. The van der Waals surface area contributed by atoms with E-state index in [0.29, 0.717) is 12.2 Å². The van der Waals surface area contributed by atoms with Crippen molar-refractivity contribution in [1.82, 2.24) is 0 Å². The Balaban J connectivity index is 1.53. The van der Waals surface area contributed by atoms with Crippen molar-refractivity contribution in [3.05, 3.63) is 59.9 Å². The summed E-state index contributed by atoms with van der Waals surface area (Å²) in [5.74, 6) is -0.653. The minimum absolute atomic E-state index is 0.000931. The maximum atomic E-state index is 13.1. The maximum Gasteiger partial charge on any atom is 0.282 e. The molecule has 0 radical (unpaired) electrons. The second-order valence-corrected chi connectivity index (χ2v) is 6.29. The molecule has 0 spiro atoms. The highest BCUT2D eigenvalue weighted by Gasteiger charge is 2.26. The molecule has 25 heavy (non-hydrogen) atoms. The van der Waals surface area contributed by atoms with Gasteiger partial charge in [0.25, 0.3) is 11.8 Å². The van der Waals surface area contributed by atoms with E-state index in [1.165, 1.54) is 23.8 Å². The number of rotatable bonds is 5. The van der Waals surface area contributed by atoms with E-state index < -0.39 is 5.82 Å². The molecule has 2 amide bonds. The molecule has 0 saturated heterocycles. The molecule has 1 aliphatic heterocycles. The van der Waals surface area contributed by atoms with Crippen LogP contribution in [0, 0.1) is 5.82 Å². The SMILES string of the molecule is C[NH+](CC(=O)Nc1cccc(F)c1)CC(=O)N1CCc2ccccc21. The van der Waals surface area contributed by atoms with E-state index in [9.17, 15) is 14.0 Å². The van der Waals surface area contributed by atoms with Crippen LogP contribution in [0.1, 0.15) is 5.56 Å². The van der Waals surface area contributed by atoms with Crippen LogP contribution < -0.4 is 15.1 Å². The summed E-state index contributed by atoms with van der Waals surface area (Å²) in [7, 11) is 1.80. The van der Waals surface area contributed by atoms with Gasteiger partial charge in [0.05, 0.1) is 7.05 Å². The van der Waals surface area contributed by atoms with Crippen molar-refractivity contribution >= 4 is 23.2 Å². The number of hydrogen-bond donors (Lipinski definition) is 2. The van der Waals surface area contributed by atoms with Crippen LogP contribution >= 0.6 is 0 Å². The van der Waals surface area contributed by atoms with Crippen LogP contribution in [0.3, 0.4) is 0 Å². The molecule has 2 aromatic rings. The summed E-state index contributed by atoms with van der Waals surface area (Å²) in [6.45, 7) is 1.05. The van der Waals surface area contributed by atoms with E-state index in [1.807, 2.05) is 24.3 Å². The van der Waals surface area contributed by atoms with Crippen molar-refractivity contribution in [2.75, 3.05) is 36.9 Å². The normalized spacial score (nSPS) is 14.1. The number of anilines is 2. The van der Waals surface area contributed by atoms with Crippen molar-refractivity contribution in [1.29, 1.82) is 0 Å². The first-order valence-corrected chi connectivity index (χ1v) is 8.28. The van der Waals surface area contributed by atoms with Gasteiger partial charge in [0, 0.05) is 17.9 Å². The number of likely N-dealkylation sites (N-methyl/N-ethyl adjacent to an activating group) is 1. The van der Waals surface area contributed by atoms with Crippen LogP contribution in [0.15, 0.2) is 48.5 Å². The number of halogens is 1. The molecular weight excluding hydrogens is 321 g/mol. The Morgan fingerprint density at radius 3 is 2.76 bits per heavy atom. The molecule has 2 N–H and O–H groups in total. The molecule has 0 bridgehead atoms. The Morgan fingerprint density at radius 1 is 1.16 bits per heavy atom. The summed E-state index contributed by atoms with van der Waals surface area (Å²) < 4.78 is 13.1. The molecule has 0 fully saturated rings. The zero-order chi connectivity index (χ0) is 17.8. The molecule has 0 saturated carbocycles. The molecule has 6 heteroatoms. The van der Waals surface area contributed by atoms with E-state index in [4.69, 9.17) is 0 Å². The number of para-hydroxylation sites is 1. The number of quaternary nitrogens is 1. The zero-order valence-electron chi connectivity index (χ0n) is 14.1. The Bertz CT molecular complexity index is 794. The number of amides is 2.